The molecular weight excluding hydrogens is 258 g/mol. The quantitative estimate of drug-likeness (QED) is 0.902. The zero-order chi connectivity index (χ0) is 15.1. The van der Waals surface area contributed by atoms with Crippen LogP contribution in [0.25, 0.3) is 0 Å². The van der Waals surface area contributed by atoms with Gasteiger partial charge in [-0.1, -0.05) is 25.5 Å². The van der Waals surface area contributed by atoms with Gasteiger partial charge in [0.1, 0.15) is 0 Å². The predicted octanol–water partition coefficient (Wildman–Crippen LogP) is 3.33. The first-order valence-electron chi connectivity index (χ1n) is 8.18. The van der Waals surface area contributed by atoms with Crippen LogP contribution in [0.1, 0.15) is 49.8 Å². The molecule has 2 rings (SSSR count). The van der Waals surface area contributed by atoms with Gasteiger partial charge in [0.05, 0.1) is 11.6 Å². The van der Waals surface area contributed by atoms with E-state index in [1.165, 1.54) is 37.8 Å². The molecule has 0 radical (unpaired) electrons. The highest BCUT2D eigenvalue weighted by Crippen LogP contribution is 2.35. The van der Waals surface area contributed by atoms with E-state index >= 15 is 0 Å². The average molecular weight is 285 g/mol. The van der Waals surface area contributed by atoms with Gasteiger partial charge < -0.3 is 5.32 Å². The van der Waals surface area contributed by atoms with Gasteiger partial charge in [0.2, 0.25) is 0 Å². The summed E-state index contributed by atoms with van der Waals surface area (Å²) in [5.74, 6) is 0.623. The van der Waals surface area contributed by atoms with Gasteiger partial charge in [-0.15, -0.1) is 0 Å². The highest BCUT2D eigenvalue weighted by Gasteiger charge is 2.30. The van der Waals surface area contributed by atoms with Crippen molar-refractivity contribution in [3.05, 3.63) is 35.4 Å². The van der Waals surface area contributed by atoms with Crippen LogP contribution < -0.4 is 5.32 Å². The largest absolute Gasteiger partial charge is 0.319 e. The lowest BCUT2D eigenvalue weighted by atomic mass is 9.88. The van der Waals surface area contributed by atoms with E-state index in [2.05, 4.69) is 35.3 Å². The van der Waals surface area contributed by atoms with Crippen LogP contribution in [0.5, 0.6) is 0 Å². The number of nitrogens with zero attached hydrogens (tertiary/aromatic N) is 2. The van der Waals surface area contributed by atoms with Crippen molar-refractivity contribution in [3.8, 4) is 6.07 Å². The molecule has 1 aliphatic heterocycles. The van der Waals surface area contributed by atoms with Crippen LogP contribution in [-0.2, 0) is 0 Å². The summed E-state index contributed by atoms with van der Waals surface area (Å²) in [4.78, 5) is 2.63. The SMILES string of the molecule is CCCN1CCCCC(CNC)C1c1cccc(C#N)c1. The first-order chi connectivity index (χ1) is 10.3. The normalized spacial score (nSPS) is 23.5. The van der Waals surface area contributed by atoms with Crippen molar-refractivity contribution in [2.75, 3.05) is 26.7 Å². The van der Waals surface area contributed by atoms with Crippen molar-refractivity contribution < 1.29 is 0 Å². The molecule has 1 fully saturated rings. The van der Waals surface area contributed by atoms with Gasteiger partial charge in [0.25, 0.3) is 0 Å². The van der Waals surface area contributed by atoms with Crippen LogP contribution in [0, 0.1) is 17.2 Å². The summed E-state index contributed by atoms with van der Waals surface area (Å²) < 4.78 is 0. The van der Waals surface area contributed by atoms with Gasteiger partial charge in [0, 0.05) is 6.04 Å². The molecule has 0 aromatic heterocycles. The highest BCUT2D eigenvalue weighted by molar-refractivity contribution is 5.34. The smallest absolute Gasteiger partial charge is 0.0991 e. The molecular formula is C18H27N3. The summed E-state index contributed by atoms with van der Waals surface area (Å²) in [7, 11) is 2.04. The highest BCUT2D eigenvalue weighted by atomic mass is 15.2. The molecule has 114 valence electrons. The topological polar surface area (TPSA) is 39.1 Å². The average Bonchev–Trinajstić information content (AvgIpc) is 2.70. The first-order valence-corrected chi connectivity index (χ1v) is 8.18. The van der Waals surface area contributed by atoms with Crippen LogP contribution in [0.2, 0.25) is 0 Å². The maximum absolute atomic E-state index is 9.18. The number of nitrogens with one attached hydrogen (secondary N) is 1. The lowest BCUT2D eigenvalue weighted by Crippen LogP contribution is -2.36. The Kier molecular flexibility index (Phi) is 6.22. The molecule has 0 saturated carbocycles. The molecule has 21 heavy (non-hydrogen) atoms. The number of benzene rings is 1. The Morgan fingerprint density at radius 1 is 1.38 bits per heavy atom. The van der Waals surface area contributed by atoms with Gasteiger partial charge in [-0.2, -0.15) is 5.26 Å². The van der Waals surface area contributed by atoms with Crippen molar-refractivity contribution in [1.29, 1.82) is 5.26 Å². The molecule has 1 heterocycles. The number of hydrogen-bond acceptors (Lipinski definition) is 3. The van der Waals surface area contributed by atoms with Crippen molar-refractivity contribution in [3.63, 3.8) is 0 Å². The van der Waals surface area contributed by atoms with Gasteiger partial charge in [-0.05, 0) is 69.6 Å². The van der Waals surface area contributed by atoms with Gasteiger partial charge >= 0.3 is 0 Å². The molecule has 3 nitrogen and oxygen atoms in total. The molecule has 0 bridgehead atoms. The summed E-state index contributed by atoms with van der Waals surface area (Å²) in [6.45, 7) is 5.61. The number of rotatable bonds is 5. The molecule has 1 saturated heterocycles. The fourth-order valence-corrected chi connectivity index (χ4v) is 3.61. The van der Waals surface area contributed by atoms with Crippen LogP contribution in [-0.4, -0.2) is 31.6 Å². The minimum Gasteiger partial charge on any atom is -0.319 e. The van der Waals surface area contributed by atoms with Gasteiger partial charge in [-0.25, -0.2) is 0 Å². The van der Waals surface area contributed by atoms with Crippen LogP contribution in [0.4, 0.5) is 0 Å². The zero-order valence-corrected chi connectivity index (χ0v) is 13.3. The Balaban J connectivity index is 2.34. The molecule has 0 spiro atoms. The Bertz CT molecular complexity index is 462. The number of hydrogen-bond donors (Lipinski definition) is 1. The van der Waals surface area contributed by atoms with Crippen LogP contribution in [0.3, 0.4) is 0 Å². The van der Waals surface area contributed by atoms with Crippen LogP contribution >= 0.6 is 0 Å². The van der Waals surface area contributed by atoms with Crippen molar-refractivity contribution >= 4 is 0 Å². The third-order valence-corrected chi connectivity index (χ3v) is 4.44. The van der Waals surface area contributed by atoms with E-state index in [0.29, 0.717) is 12.0 Å². The van der Waals surface area contributed by atoms with Crippen LogP contribution in [0.15, 0.2) is 24.3 Å². The first kappa shape index (κ1) is 16.0. The van der Waals surface area contributed by atoms with Crippen molar-refractivity contribution in [2.45, 2.75) is 38.6 Å². The van der Waals surface area contributed by atoms with E-state index in [4.69, 9.17) is 0 Å². The molecule has 0 amide bonds. The van der Waals surface area contributed by atoms with E-state index < -0.39 is 0 Å². The molecule has 2 atom stereocenters. The minimum absolute atomic E-state index is 0.438. The summed E-state index contributed by atoms with van der Waals surface area (Å²) >= 11 is 0. The second kappa shape index (κ2) is 8.17. The standard InChI is InChI=1S/C18H27N3/c1-3-10-21-11-5-4-8-17(14-20-2)18(21)16-9-6-7-15(12-16)13-19/h6-7,9,12,17-18,20H,3-5,8,10-11,14H2,1-2H3. The van der Waals surface area contributed by atoms with Crippen molar-refractivity contribution in [2.24, 2.45) is 5.92 Å². The summed E-state index contributed by atoms with van der Waals surface area (Å²) in [5, 5.41) is 12.5. The molecule has 1 aliphatic rings. The zero-order valence-electron chi connectivity index (χ0n) is 13.3. The van der Waals surface area contributed by atoms with E-state index in [0.717, 1.165) is 18.7 Å². The summed E-state index contributed by atoms with van der Waals surface area (Å²) in [6.07, 6.45) is 5.04. The maximum atomic E-state index is 9.18. The fourth-order valence-electron chi connectivity index (χ4n) is 3.61. The molecule has 0 aliphatic carbocycles. The van der Waals surface area contributed by atoms with E-state index in [9.17, 15) is 5.26 Å². The Morgan fingerprint density at radius 3 is 2.95 bits per heavy atom. The minimum atomic E-state index is 0.438. The Hall–Kier alpha value is -1.37. The van der Waals surface area contributed by atoms with Gasteiger partial charge in [0.15, 0.2) is 0 Å². The molecule has 1 N–H and O–H groups in total. The molecule has 1 aromatic rings. The number of likely N-dealkylation sites (tertiary alicyclic amines) is 1. The fraction of sp³-hybridized carbons (Fsp3) is 0.611. The molecule has 1 aromatic carbocycles. The lowest BCUT2D eigenvalue weighted by Gasteiger charge is -2.35. The van der Waals surface area contributed by atoms with E-state index in [1.54, 1.807) is 0 Å². The Labute approximate surface area is 129 Å². The predicted molar refractivity (Wildman–Crippen MR) is 87.0 cm³/mol. The third-order valence-electron chi connectivity index (χ3n) is 4.44. The van der Waals surface area contributed by atoms with Gasteiger partial charge in [-0.3, -0.25) is 4.90 Å². The summed E-state index contributed by atoms with van der Waals surface area (Å²) in [6, 6.07) is 10.9. The Morgan fingerprint density at radius 2 is 2.24 bits per heavy atom. The second-order valence-corrected chi connectivity index (χ2v) is 6.03. The monoisotopic (exact) mass is 285 g/mol. The van der Waals surface area contributed by atoms with Crippen molar-refractivity contribution in [1.82, 2.24) is 10.2 Å². The second-order valence-electron chi connectivity index (χ2n) is 6.03. The maximum Gasteiger partial charge on any atom is 0.0991 e. The molecule has 3 heteroatoms. The van der Waals surface area contributed by atoms with E-state index in [-0.39, 0.29) is 0 Å². The third kappa shape index (κ3) is 4.06. The van der Waals surface area contributed by atoms with E-state index in [1.807, 2.05) is 19.2 Å². The lowest BCUT2D eigenvalue weighted by molar-refractivity contribution is 0.154. The number of nitriles is 1. The molecule has 2 unspecified atom stereocenters. The summed E-state index contributed by atoms with van der Waals surface area (Å²) in [5.41, 5.74) is 2.08.